The fraction of sp³-hybridized carbons (Fsp3) is 0.222. The second kappa shape index (κ2) is 3.49. The van der Waals surface area contributed by atoms with Crippen LogP contribution in [0.1, 0.15) is 0 Å². The van der Waals surface area contributed by atoms with E-state index in [0.717, 1.165) is 10.2 Å². The van der Waals surface area contributed by atoms with Gasteiger partial charge in [0, 0.05) is 23.2 Å². The number of nitrogens with one attached hydrogen (secondary N) is 1. The van der Waals surface area contributed by atoms with Gasteiger partial charge in [-0.2, -0.15) is 0 Å². The predicted molar refractivity (Wildman–Crippen MR) is 59.3 cm³/mol. The number of rotatable bonds is 1. The minimum Gasteiger partial charge on any atom is -0.399 e. The number of nitrogen functional groups attached to an aromatic ring is 1. The van der Waals surface area contributed by atoms with Crippen molar-refractivity contribution in [1.82, 2.24) is 5.32 Å². The number of halogens is 1. The average molecular weight is 256 g/mol. The first-order valence-corrected chi connectivity index (χ1v) is 5.08. The SMILES string of the molecule is Nc1ccc(Br)c(N2CCNC2=O)c1. The molecule has 4 nitrogen and oxygen atoms in total. The molecule has 1 aliphatic heterocycles. The monoisotopic (exact) mass is 255 g/mol. The zero-order valence-corrected chi connectivity index (χ0v) is 9.04. The Hall–Kier alpha value is -1.23. The third-order valence-corrected chi connectivity index (χ3v) is 2.79. The van der Waals surface area contributed by atoms with E-state index in [4.69, 9.17) is 5.73 Å². The van der Waals surface area contributed by atoms with Crippen molar-refractivity contribution in [3.05, 3.63) is 22.7 Å². The Morgan fingerprint density at radius 3 is 2.93 bits per heavy atom. The Kier molecular flexibility index (Phi) is 2.33. The van der Waals surface area contributed by atoms with E-state index in [-0.39, 0.29) is 6.03 Å². The molecule has 0 saturated carbocycles. The smallest absolute Gasteiger partial charge is 0.322 e. The lowest BCUT2D eigenvalue weighted by Gasteiger charge is -2.16. The molecule has 0 spiro atoms. The average Bonchev–Trinajstić information content (AvgIpc) is 2.56. The number of anilines is 2. The van der Waals surface area contributed by atoms with Gasteiger partial charge in [0.1, 0.15) is 0 Å². The highest BCUT2D eigenvalue weighted by Crippen LogP contribution is 2.29. The molecule has 14 heavy (non-hydrogen) atoms. The van der Waals surface area contributed by atoms with E-state index >= 15 is 0 Å². The van der Waals surface area contributed by atoms with Crippen molar-refractivity contribution in [2.75, 3.05) is 23.7 Å². The van der Waals surface area contributed by atoms with Crippen LogP contribution in [0.15, 0.2) is 22.7 Å². The number of urea groups is 1. The Morgan fingerprint density at radius 1 is 1.50 bits per heavy atom. The van der Waals surface area contributed by atoms with Crippen LogP contribution in [-0.2, 0) is 0 Å². The zero-order valence-electron chi connectivity index (χ0n) is 7.46. The number of nitrogens with two attached hydrogens (primary N) is 1. The molecule has 0 aromatic heterocycles. The van der Waals surface area contributed by atoms with Gasteiger partial charge in [-0.1, -0.05) is 0 Å². The van der Waals surface area contributed by atoms with Crippen molar-refractivity contribution in [2.24, 2.45) is 0 Å². The third-order valence-electron chi connectivity index (χ3n) is 2.12. The fourth-order valence-electron chi connectivity index (χ4n) is 1.44. The number of nitrogens with zero attached hydrogens (tertiary/aromatic N) is 1. The number of hydrogen-bond donors (Lipinski definition) is 2. The largest absolute Gasteiger partial charge is 0.399 e. The molecule has 3 N–H and O–H groups in total. The lowest BCUT2D eigenvalue weighted by molar-refractivity contribution is 0.252. The van der Waals surface area contributed by atoms with E-state index in [0.29, 0.717) is 18.8 Å². The van der Waals surface area contributed by atoms with Gasteiger partial charge >= 0.3 is 6.03 Å². The molecule has 1 aliphatic rings. The Labute approximate surface area is 90.2 Å². The van der Waals surface area contributed by atoms with Gasteiger partial charge in [-0.05, 0) is 34.1 Å². The Morgan fingerprint density at radius 2 is 2.29 bits per heavy atom. The summed E-state index contributed by atoms with van der Waals surface area (Å²) >= 11 is 3.39. The van der Waals surface area contributed by atoms with Gasteiger partial charge in [-0.15, -0.1) is 0 Å². The first kappa shape index (κ1) is 9.33. The minimum atomic E-state index is -0.0729. The zero-order chi connectivity index (χ0) is 10.1. The molecule has 1 aromatic rings. The van der Waals surface area contributed by atoms with Crippen molar-refractivity contribution in [3.63, 3.8) is 0 Å². The van der Waals surface area contributed by atoms with Gasteiger partial charge in [-0.25, -0.2) is 4.79 Å². The van der Waals surface area contributed by atoms with E-state index in [1.807, 2.05) is 6.07 Å². The lowest BCUT2D eigenvalue weighted by atomic mass is 10.2. The predicted octanol–water partition coefficient (Wildman–Crippen LogP) is 1.56. The summed E-state index contributed by atoms with van der Waals surface area (Å²) in [5.74, 6) is 0. The summed E-state index contributed by atoms with van der Waals surface area (Å²) in [5, 5.41) is 2.74. The molecule has 1 saturated heterocycles. The van der Waals surface area contributed by atoms with Gasteiger partial charge in [0.15, 0.2) is 0 Å². The first-order chi connectivity index (χ1) is 6.68. The molecule has 0 atom stereocenters. The highest BCUT2D eigenvalue weighted by molar-refractivity contribution is 9.10. The molecule has 5 heteroatoms. The molecule has 2 amide bonds. The quantitative estimate of drug-likeness (QED) is 0.749. The summed E-state index contributed by atoms with van der Waals surface area (Å²) in [7, 11) is 0. The molecule has 0 aliphatic carbocycles. The van der Waals surface area contributed by atoms with E-state index in [1.54, 1.807) is 17.0 Å². The Bertz CT molecular complexity index is 380. The summed E-state index contributed by atoms with van der Waals surface area (Å²) < 4.78 is 0.878. The van der Waals surface area contributed by atoms with Crippen LogP contribution in [0.5, 0.6) is 0 Å². The van der Waals surface area contributed by atoms with Crippen molar-refractivity contribution in [3.8, 4) is 0 Å². The summed E-state index contributed by atoms with van der Waals surface area (Å²) in [6, 6.07) is 5.35. The van der Waals surface area contributed by atoms with Gasteiger partial charge in [0.05, 0.1) is 5.69 Å². The van der Waals surface area contributed by atoms with E-state index in [2.05, 4.69) is 21.2 Å². The van der Waals surface area contributed by atoms with E-state index < -0.39 is 0 Å². The van der Waals surface area contributed by atoms with Crippen LogP contribution < -0.4 is 16.0 Å². The standard InChI is InChI=1S/C9H10BrN3O/c10-7-2-1-6(11)5-8(7)13-4-3-12-9(13)14/h1-2,5H,3-4,11H2,(H,12,14). The second-order valence-corrected chi connectivity index (χ2v) is 3.95. The van der Waals surface area contributed by atoms with Gasteiger partial charge in [0.2, 0.25) is 0 Å². The molecule has 2 rings (SSSR count). The highest BCUT2D eigenvalue weighted by atomic mass is 79.9. The number of amides is 2. The molecular formula is C9H10BrN3O. The van der Waals surface area contributed by atoms with Crippen LogP contribution in [0, 0.1) is 0 Å². The number of benzene rings is 1. The highest BCUT2D eigenvalue weighted by Gasteiger charge is 2.22. The van der Waals surface area contributed by atoms with Gasteiger partial charge in [-0.3, -0.25) is 4.90 Å². The van der Waals surface area contributed by atoms with Crippen LogP contribution in [0.25, 0.3) is 0 Å². The Balaban J connectivity index is 2.39. The number of carbonyl (C=O) groups is 1. The normalized spacial score (nSPS) is 15.8. The van der Waals surface area contributed by atoms with Crippen molar-refractivity contribution in [1.29, 1.82) is 0 Å². The van der Waals surface area contributed by atoms with Crippen molar-refractivity contribution >= 4 is 33.3 Å². The van der Waals surface area contributed by atoms with E-state index in [1.165, 1.54) is 0 Å². The van der Waals surface area contributed by atoms with Crippen LogP contribution in [0.3, 0.4) is 0 Å². The van der Waals surface area contributed by atoms with Crippen molar-refractivity contribution in [2.45, 2.75) is 0 Å². The number of hydrogen-bond acceptors (Lipinski definition) is 2. The van der Waals surface area contributed by atoms with Crippen molar-refractivity contribution < 1.29 is 4.79 Å². The van der Waals surface area contributed by atoms with Gasteiger partial charge in [0.25, 0.3) is 0 Å². The summed E-state index contributed by atoms with van der Waals surface area (Å²) in [6.07, 6.45) is 0. The first-order valence-electron chi connectivity index (χ1n) is 4.29. The summed E-state index contributed by atoms with van der Waals surface area (Å²) in [4.78, 5) is 13.1. The summed E-state index contributed by atoms with van der Waals surface area (Å²) in [5.41, 5.74) is 7.14. The fourth-order valence-corrected chi connectivity index (χ4v) is 1.90. The maximum Gasteiger partial charge on any atom is 0.322 e. The van der Waals surface area contributed by atoms with Crippen LogP contribution in [0.2, 0.25) is 0 Å². The molecular weight excluding hydrogens is 246 g/mol. The molecule has 1 aromatic carbocycles. The van der Waals surface area contributed by atoms with Crippen LogP contribution in [-0.4, -0.2) is 19.1 Å². The minimum absolute atomic E-state index is 0.0729. The third kappa shape index (κ3) is 1.55. The molecule has 0 bridgehead atoms. The maximum atomic E-state index is 11.4. The van der Waals surface area contributed by atoms with Gasteiger partial charge < -0.3 is 11.1 Å². The van der Waals surface area contributed by atoms with E-state index in [9.17, 15) is 4.79 Å². The second-order valence-electron chi connectivity index (χ2n) is 3.09. The lowest BCUT2D eigenvalue weighted by Crippen LogP contribution is -2.28. The topological polar surface area (TPSA) is 58.4 Å². The maximum absolute atomic E-state index is 11.4. The molecule has 1 fully saturated rings. The van der Waals surface area contributed by atoms with Crippen LogP contribution in [0.4, 0.5) is 16.2 Å². The molecule has 0 unspecified atom stereocenters. The van der Waals surface area contributed by atoms with Crippen LogP contribution >= 0.6 is 15.9 Å². The molecule has 74 valence electrons. The number of carbonyl (C=O) groups excluding carboxylic acids is 1. The summed E-state index contributed by atoms with van der Waals surface area (Å²) in [6.45, 7) is 1.36. The molecule has 1 heterocycles. The molecule has 0 radical (unpaired) electrons.